The molecule has 0 bridgehead atoms. The maximum absolute atomic E-state index is 12.5. The summed E-state index contributed by atoms with van der Waals surface area (Å²) >= 11 is 0. The van der Waals surface area contributed by atoms with Crippen molar-refractivity contribution in [1.29, 1.82) is 0 Å². The Labute approximate surface area is 135 Å². The number of benzene rings is 1. The summed E-state index contributed by atoms with van der Waals surface area (Å²) in [5, 5.41) is -0.0571. The number of nitrogens with zero attached hydrogens (tertiary/aromatic N) is 1. The van der Waals surface area contributed by atoms with Crippen molar-refractivity contribution in [2.75, 3.05) is 18.0 Å². The zero-order valence-electron chi connectivity index (χ0n) is 12.8. The largest absolute Gasteiger partial charge is 0.534 e. The molecule has 1 aromatic heterocycles. The van der Waals surface area contributed by atoms with Crippen molar-refractivity contribution in [3.8, 4) is 5.75 Å². The highest BCUT2D eigenvalue weighted by molar-refractivity contribution is 7.88. The van der Waals surface area contributed by atoms with Gasteiger partial charge in [-0.2, -0.15) is 21.6 Å². The molecule has 0 aliphatic carbocycles. The lowest BCUT2D eigenvalue weighted by Gasteiger charge is -2.21. The van der Waals surface area contributed by atoms with E-state index in [0.29, 0.717) is 24.8 Å². The molecule has 132 valence electrons. The summed E-state index contributed by atoms with van der Waals surface area (Å²) in [4.78, 5) is 13.4. The van der Waals surface area contributed by atoms with E-state index in [1.807, 2.05) is 18.7 Å². The quantitative estimate of drug-likeness (QED) is 0.461. The zero-order valence-corrected chi connectivity index (χ0v) is 13.6. The van der Waals surface area contributed by atoms with Crippen LogP contribution >= 0.6 is 0 Å². The van der Waals surface area contributed by atoms with Gasteiger partial charge in [-0.05, 0) is 26.0 Å². The summed E-state index contributed by atoms with van der Waals surface area (Å²) in [5.41, 5.74) is -6.02. The van der Waals surface area contributed by atoms with Gasteiger partial charge in [-0.25, -0.2) is 4.79 Å². The van der Waals surface area contributed by atoms with Crippen LogP contribution in [0.25, 0.3) is 11.0 Å². The molecule has 1 heterocycles. The molecular formula is C14H14F3NO5S. The van der Waals surface area contributed by atoms with Gasteiger partial charge in [0.15, 0.2) is 5.75 Å². The Bertz CT molecular complexity index is 901. The van der Waals surface area contributed by atoms with Crippen molar-refractivity contribution >= 4 is 26.8 Å². The minimum absolute atomic E-state index is 0.0571. The van der Waals surface area contributed by atoms with E-state index in [4.69, 9.17) is 4.42 Å². The molecule has 0 atom stereocenters. The minimum atomic E-state index is -5.89. The van der Waals surface area contributed by atoms with Crippen molar-refractivity contribution in [2.24, 2.45) is 0 Å². The molecular weight excluding hydrogens is 351 g/mol. The molecule has 0 spiro atoms. The highest BCUT2D eigenvalue weighted by Gasteiger charge is 2.48. The van der Waals surface area contributed by atoms with Crippen LogP contribution in [0.4, 0.5) is 18.9 Å². The zero-order chi connectivity index (χ0) is 18.1. The third-order valence-corrected chi connectivity index (χ3v) is 4.27. The Kier molecular flexibility index (Phi) is 4.79. The Morgan fingerprint density at radius 2 is 1.79 bits per heavy atom. The van der Waals surface area contributed by atoms with Gasteiger partial charge >= 0.3 is 21.3 Å². The van der Waals surface area contributed by atoms with Crippen molar-refractivity contribution in [2.45, 2.75) is 19.4 Å². The van der Waals surface area contributed by atoms with Gasteiger partial charge in [-0.1, -0.05) is 0 Å². The summed E-state index contributed by atoms with van der Waals surface area (Å²) in [5.74, 6) is -0.732. The van der Waals surface area contributed by atoms with E-state index in [-0.39, 0.29) is 11.0 Å². The van der Waals surface area contributed by atoms with Crippen molar-refractivity contribution < 1.29 is 30.2 Å². The normalized spacial score (nSPS) is 12.4. The topological polar surface area (TPSA) is 76.8 Å². The van der Waals surface area contributed by atoms with Gasteiger partial charge in [0, 0.05) is 24.8 Å². The highest BCUT2D eigenvalue weighted by atomic mass is 32.2. The molecule has 6 nitrogen and oxygen atoms in total. The minimum Gasteiger partial charge on any atom is -0.422 e. The van der Waals surface area contributed by atoms with Crippen LogP contribution < -0.4 is 14.7 Å². The lowest BCUT2D eigenvalue weighted by molar-refractivity contribution is -0.0499. The van der Waals surface area contributed by atoms with Gasteiger partial charge < -0.3 is 13.5 Å². The molecule has 0 aliphatic rings. The fourth-order valence-corrected chi connectivity index (χ4v) is 2.61. The predicted molar refractivity (Wildman–Crippen MR) is 81.6 cm³/mol. The number of halogens is 3. The monoisotopic (exact) mass is 365 g/mol. The molecule has 1 aromatic carbocycles. The molecule has 24 heavy (non-hydrogen) atoms. The van der Waals surface area contributed by atoms with Crippen LogP contribution in [0.2, 0.25) is 0 Å². The first kappa shape index (κ1) is 18.1. The van der Waals surface area contributed by atoms with Crippen molar-refractivity contribution in [3.05, 3.63) is 34.7 Å². The van der Waals surface area contributed by atoms with E-state index in [1.54, 1.807) is 6.07 Å². The van der Waals surface area contributed by atoms with Crippen molar-refractivity contribution in [3.63, 3.8) is 0 Å². The second kappa shape index (κ2) is 6.34. The van der Waals surface area contributed by atoms with E-state index >= 15 is 0 Å². The third kappa shape index (κ3) is 3.48. The van der Waals surface area contributed by atoms with Crippen LogP contribution in [0.3, 0.4) is 0 Å². The summed E-state index contributed by atoms with van der Waals surface area (Å²) < 4.78 is 68.7. The first-order valence-electron chi connectivity index (χ1n) is 6.92. The van der Waals surface area contributed by atoms with E-state index in [0.717, 1.165) is 0 Å². The summed E-state index contributed by atoms with van der Waals surface area (Å²) in [6.07, 6.45) is 0. The van der Waals surface area contributed by atoms with Crippen LogP contribution in [0.5, 0.6) is 5.75 Å². The first-order valence-corrected chi connectivity index (χ1v) is 8.33. The smallest absolute Gasteiger partial charge is 0.422 e. The molecule has 2 rings (SSSR count). The summed E-state index contributed by atoms with van der Waals surface area (Å²) in [6, 6.07) is 4.91. The number of hydrogen-bond donors (Lipinski definition) is 0. The van der Waals surface area contributed by atoms with Gasteiger partial charge in [-0.15, -0.1) is 0 Å². The molecule has 0 unspecified atom stereocenters. The Morgan fingerprint density at radius 3 is 2.33 bits per heavy atom. The van der Waals surface area contributed by atoms with Crippen LogP contribution in [0.1, 0.15) is 13.8 Å². The van der Waals surface area contributed by atoms with E-state index in [1.165, 1.54) is 12.1 Å². The maximum atomic E-state index is 12.5. The molecule has 0 saturated carbocycles. The highest BCUT2D eigenvalue weighted by Crippen LogP contribution is 2.32. The molecule has 0 amide bonds. The summed E-state index contributed by atoms with van der Waals surface area (Å²) in [7, 11) is -5.89. The van der Waals surface area contributed by atoms with Gasteiger partial charge in [0.25, 0.3) is 0 Å². The second-order valence-corrected chi connectivity index (χ2v) is 6.30. The number of fused-ring (bicyclic) bond motifs is 1. The Hall–Kier alpha value is -2.23. The fourth-order valence-electron chi connectivity index (χ4n) is 2.14. The van der Waals surface area contributed by atoms with Gasteiger partial charge in [0.2, 0.25) is 0 Å². The molecule has 0 N–H and O–H groups in total. The first-order chi connectivity index (χ1) is 11.1. The van der Waals surface area contributed by atoms with Crippen molar-refractivity contribution in [1.82, 2.24) is 0 Å². The molecule has 0 saturated heterocycles. The van der Waals surface area contributed by atoms with E-state index in [9.17, 15) is 26.4 Å². The van der Waals surface area contributed by atoms with E-state index < -0.39 is 27.0 Å². The predicted octanol–water partition coefficient (Wildman–Crippen LogP) is 2.87. The fraction of sp³-hybridized carbons (Fsp3) is 0.357. The Balaban J connectivity index is 2.59. The molecule has 10 heteroatoms. The van der Waals surface area contributed by atoms with Gasteiger partial charge in [-0.3, -0.25) is 0 Å². The second-order valence-electron chi connectivity index (χ2n) is 4.77. The van der Waals surface area contributed by atoms with E-state index in [2.05, 4.69) is 4.18 Å². The molecule has 0 radical (unpaired) electrons. The average molecular weight is 365 g/mol. The molecule has 0 aliphatic heterocycles. The number of rotatable bonds is 5. The van der Waals surface area contributed by atoms with Gasteiger partial charge in [0.1, 0.15) is 5.58 Å². The number of anilines is 1. The lowest BCUT2D eigenvalue weighted by atomic mass is 10.2. The Morgan fingerprint density at radius 1 is 1.17 bits per heavy atom. The standard InChI is InChI=1S/C14H14F3NO5S/c1-3-18(4-2)9-5-6-10-11(7-9)22-13(19)8-12(10)23-24(20,21)14(15,16)17/h5-8H,3-4H2,1-2H3. The van der Waals surface area contributed by atoms with Crippen LogP contribution in [-0.2, 0) is 10.1 Å². The number of alkyl halides is 3. The number of hydrogen-bond acceptors (Lipinski definition) is 6. The van der Waals surface area contributed by atoms with Gasteiger partial charge in [0.05, 0.1) is 11.5 Å². The molecule has 2 aromatic rings. The SMILES string of the molecule is CCN(CC)c1ccc2c(OS(=O)(=O)C(F)(F)F)cc(=O)oc2c1. The van der Waals surface area contributed by atoms with Crippen LogP contribution in [0.15, 0.2) is 33.5 Å². The summed E-state index contributed by atoms with van der Waals surface area (Å²) in [6.45, 7) is 5.12. The lowest BCUT2D eigenvalue weighted by Crippen LogP contribution is -2.28. The average Bonchev–Trinajstić information content (AvgIpc) is 2.46. The maximum Gasteiger partial charge on any atom is 0.534 e. The molecule has 0 fully saturated rings. The third-order valence-electron chi connectivity index (χ3n) is 3.30. The van der Waals surface area contributed by atoms with Crippen LogP contribution in [-0.4, -0.2) is 27.0 Å². The van der Waals surface area contributed by atoms with Crippen LogP contribution in [0, 0.1) is 0 Å².